The lowest BCUT2D eigenvalue weighted by Crippen LogP contribution is -2.36. The zero-order chi connectivity index (χ0) is 20.7. The number of benzene rings is 3. The van der Waals surface area contributed by atoms with Gasteiger partial charge in [0.15, 0.2) is 0 Å². The maximum atomic E-state index is 13.3. The first-order chi connectivity index (χ1) is 14.5. The molecule has 4 aromatic rings. The molecular formula is C25H24N2O2S. The van der Waals surface area contributed by atoms with E-state index in [1.165, 1.54) is 22.0 Å². The lowest BCUT2D eigenvalue weighted by atomic mass is 10.0. The summed E-state index contributed by atoms with van der Waals surface area (Å²) in [4.78, 5) is 0.363. The molecule has 0 radical (unpaired) electrons. The first kappa shape index (κ1) is 19.1. The smallest absolute Gasteiger partial charge is 0.243 e. The van der Waals surface area contributed by atoms with E-state index in [0.29, 0.717) is 18.0 Å². The van der Waals surface area contributed by atoms with Crippen molar-refractivity contribution in [1.29, 1.82) is 0 Å². The molecule has 0 bridgehead atoms. The van der Waals surface area contributed by atoms with Gasteiger partial charge in [0, 0.05) is 29.7 Å². The van der Waals surface area contributed by atoms with E-state index in [4.69, 9.17) is 0 Å². The third-order valence-corrected chi connectivity index (χ3v) is 7.83. The quantitative estimate of drug-likeness (QED) is 0.482. The van der Waals surface area contributed by atoms with E-state index in [-0.39, 0.29) is 0 Å². The van der Waals surface area contributed by atoms with Crippen molar-refractivity contribution >= 4 is 20.9 Å². The highest BCUT2D eigenvalue weighted by molar-refractivity contribution is 7.89. The predicted octanol–water partition coefficient (Wildman–Crippen LogP) is 4.75. The van der Waals surface area contributed by atoms with Gasteiger partial charge in [-0.05, 0) is 42.7 Å². The van der Waals surface area contributed by atoms with Crippen molar-refractivity contribution in [2.45, 2.75) is 31.3 Å². The number of aromatic nitrogens is 1. The van der Waals surface area contributed by atoms with E-state index in [9.17, 15) is 8.42 Å². The summed E-state index contributed by atoms with van der Waals surface area (Å²) in [5.41, 5.74) is 5.80. The van der Waals surface area contributed by atoms with E-state index < -0.39 is 10.0 Å². The first-order valence-corrected chi connectivity index (χ1v) is 11.7. The average molecular weight is 417 g/mol. The Labute approximate surface area is 177 Å². The fourth-order valence-electron chi connectivity index (χ4n) is 4.38. The SMILES string of the molecule is Cc1ccc(S(=O)(=O)N2CCc3c(n(Cc4ccccc4)c4ccccc34)C2)cc1. The standard InChI is InChI=1S/C25H24N2O2S/c1-19-11-13-21(14-12-19)30(28,29)26-16-15-23-22-9-5-6-10-24(22)27(25(23)18-26)17-20-7-3-2-4-8-20/h2-14H,15-18H2,1H3. The molecule has 0 aliphatic carbocycles. The summed E-state index contributed by atoms with van der Waals surface area (Å²) >= 11 is 0. The second-order valence-corrected chi connectivity index (χ2v) is 9.85. The van der Waals surface area contributed by atoms with Gasteiger partial charge < -0.3 is 4.57 Å². The second kappa shape index (κ2) is 7.42. The Hall–Kier alpha value is -2.89. The predicted molar refractivity (Wildman–Crippen MR) is 120 cm³/mol. The van der Waals surface area contributed by atoms with Gasteiger partial charge in [-0.3, -0.25) is 0 Å². The molecule has 0 N–H and O–H groups in total. The van der Waals surface area contributed by atoms with Crippen molar-refractivity contribution < 1.29 is 8.42 Å². The van der Waals surface area contributed by atoms with Crippen molar-refractivity contribution in [3.05, 3.63) is 101 Å². The van der Waals surface area contributed by atoms with Gasteiger partial charge in [0.05, 0.1) is 11.4 Å². The van der Waals surface area contributed by atoms with Crippen LogP contribution in [-0.4, -0.2) is 23.8 Å². The summed E-state index contributed by atoms with van der Waals surface area (Å²) in [6.45, 7) is 3.59. The van der Waals surface area contributed by atoms with Gasteiger partial charge in [0.1, 0.15) is 0 Å². The molecular weight excluding hydrogens is 392 g/mol. The van der Waals surface area contributed by atoms with Crippen molar-refractivity contribution in [1.82, 2.24) is 8.87 Å². The number of fused-ring (bicyclic) bond motifs is 3. The summed E-state index contributed by atoms with van der Waals surface area (Å²) in [5, 5.41) is 1.23. The van der Waals surface area contributed by atoms with Crippen LogP contribution < -0.4 is 0 Å². The van der Waals surface area contributed by atoms with Crippen LogP contribution in [-0.2, 0) is 29.5 Å². The number of hydrogen-bond acceptors (Lipinski definition) is 2. The van der Waals surface area contributed by atoms with Crippen LogP contribution in [0.3, 0.4) is 0 Å². The van der Waals surface area contributed by atoms with Crippen LogP contribution in [0.15, 0.2) is 83.8 Å². The molecule has 0 fully saturated rings. The third-order valence-electron chi connectivity index (χ3n) is 5.97. The van der Waals surface area contributed by atoms with Crippen molar-refractivity contribution in [3.8, 4) is 0 Å². The zero-order valence-electron chi connectivity index (χ0n) is 17.0. The van der Waals surface area contributed by atoms with Crippen LogP contribution in [0.4, 0.5) is 0 Å². The van der Waals surface area contributed by atoms with E-state index in [1.807, 2.05) is 37.3 Å². The molecule has 4 nitrogen and oxygen atoms in total. The number of hydrogen-bond donors (Lipinski definition) is 0. The summed E-state index contributed by atoms with van der Waals surface area (Å²) < 4.78 is 30.5. The number of para-hydroxylation sites is 1. The minimum Gasteiger partial charge on any atom is -0.339 e. The van der Waals surface area contributed by atoms with Crippen LogP contribution in [0.2, 0.25) is 0 Å². The molecule has 0 amide bonds. The summed E-state index contributed by atoms with van der Waals surface area (Å²) in [7, 11) is -3.53. The Morgan fingerprint density at radius 3 is 2.33 bits per heavy atom. The van der Waals surface area contributed by atoms with Crippen molar-refractivity contribution in [3.63, 3.8) is 0 Å². The fraction of sp³-hybridized carbons (Fsp3) is 0.200. The molecule has 0 saturated heterocycles. The maximum Gasteiger partial charge on any atom is 0.243 e. The number of rotatable bonds is 4. The molecule has 2 heterocycles. The topological polar surface area (TPSA) is 42.3 Å². The molecule has 0 unspecified atom stereocenters. The van der Waals surface area contributed by atoms with Crippen LogP contribution in [0, 0.1) is 6.92 Å². The Kier molecular flexibility index (Phi) is 4.72. The minimum atomic E-state index is -3.53. The van der Waals surface area contributed by atoms with Gasteiger partial charge in [-0.1, -0.05) is 66.2 Å². The summed E-state index contributed by atoms with van der Waals surface area (Å²) in [6.07, 6.45) is 0.725. The lowest BCUT2D eigenvalue weighted by Gasteiger charge is -2.28. The summed E-state index contributed by atoms with van der Waals surface area (Å²) in [6, 6.07) is 25.9. The highest BCUT2D eigenvalue weighted by atomic mass is 32.2. The molecule has 0 spiro atoms. The molecule has 1 aromatic heterocycles. The number of nitrogens with zero attached hydrogens (tertiary/aromatic N) is 2. The third kappa shape index (κ3) is 3.24. The summed E-state index contributed by atoms with van der Waals surface area (Å²) in [5.74, 6) is 0. The molecule has 5 heteroatoms. The first-order valence-electron chi connectivity index (χ1n) is 10.2. The molecule has 0 saturated carbocycles. The van der Waals surface area contributed by atoms with Gasteiger partial charge in [-0.15, -0.1) is 0 Å². The van der Waals surface area contributed by atoms with Crippen LogP contribution >= 0.6 is 0 Å². The van der Waals surface area contributed by atoms with E-state index >= 15 is 0 Å². The molecule has 1 aliphatic heterocycles. The van der Waals surface area contributed by atoms with Gasteiger partial charge >= 0.3 is 0 Å². The van der Waals surface area contributed by atoms with E-state index in [2.05, 4.69) is 41.0 Å². The van der Waals surface area contributed by atoms with Gasteiger partial charge in [0.2, 0.25) is 10.0 Å². The Morgan fingerprint density at radius 2 is 1.57 bits per heavy atom. The average Bonchev–Trinajstić information content (AvgIpc) is 3.08. The van der Waals surface area contributed by atoms with E-state index in [1.54, 1.807) is 16.4 Å². The largest absolute Gasteiger partial charge is 0.339 e. The van der Waals surface area contributed by atoms with E-state index in [0.717, 1.165) is 24.2 Å². The zero-order valence-corrected chi connectivity index (χ0v) is 17.8. The number of sulfonamides is 1. The fourth-order valence-corrected chi connectivity index (χ4v) is 5.78. The van der Waals surface area contributed by atoms with Crippen LogP contribution in [0.25, 0.3) is 10.9 Å². The second-order valence-electron chi connectivity index (χ2n) is 7.92. The van der Waals surface area contributed by atoms with Gasteiger partial charge in [-0.25, -0.2) is 8.42 Å². The molecule has 152 valence electrons. The molecule has 0 atom stereocenters. The molecule has 5 rings (SSSR count). The molecule has 1 aliphatic rings. The Balaban J connectivity index is 1.58. The highest BCUT2D eigenvalue weighted by Gasteiger charge is 2.31. The van der Waals surface area contributed by atoms with Crippen LogP contribution in [0.5, 0.6) is 0 Å². The number of aryl methyl sites for hydroxylation is 1. The minimum absolute atomic E-state index is 0.363. The monoisotopic (exact) mass is 416 g/mol. The Bertz CT molecular complexity index is 1310. The Morgan fingerprint density at radius 1 is 0.867 bits per heavy atom. The lowest BCUT2D eigenvalue weighted by molar-refractivity contribution is 0.381. The van der Waals surface area contributed by atoms with Gasteiger partial charge in [0.25, 0.3) is 0 Å². The van der Waals surface area contributed by atoms with Crippen molar-refractivity contribution in [2.24, 2.45) is 0 Å². The van der Waals surface area contributed by atoms with Gasteiger partial charge in [-0.2, -0.15) is 4.31 Å². The van der Waals surface area contributed by atoms with Crippen molar-refractivity contribution in [2.75, 3.05) is 6.54 Å². The molecule has 30 heavy (non-hydrogen) atoms. The normalized spacial score (nSPS) is 14.7. The maximum absolute atomic E-state index is 13.3. The highest BCUT2D eigenvalue weighted by Crippen LogP contribution is 2.33. The van der Waals surface area contributed by atoms with Crippen LogP contribution in [0.1, 0.15) is 22.4 Å². The molecule has 3 aromatic carbocycles.